The summed E-state index contributed by atoms with van der Waals surface area (Å²) in [4.78, 5) is 0. The minimum atomic E-state index is -0.989. The highest BCUT2D eigenvalue weighted by Crippen LogP contribution is 2.19. The molecule has 0 bridgehead atoms. The third-order valence-electron chi connectivity index (χ3n) is 5.97. The van der Waals surface area contributed by atoms with Crippen molar-refractivity contribution in [2.24, 2.45) is 0 Å². The number of aliphatic hydroxyl groups is 3. The molecule has 5 nitrogen and oxygen atoms in total. The molecular formula is C25H48O5. The van der Waals surface area contributed by atoms with Gasteiger partial charge in [-0.15, -0.1) is 0 Å². The van der Waals surface area contributed by atoms with Crippen LogP contribution in [-0.2, 0) is 9.47 Å². The van der Waals surface area contributed by atoms with E-state index in [4.69, 9.17) is 9.47 Å². The van der Waals surface area contributed by atoms with Gasteiger partial charge in [-0.25, -0.2) is 0 Å². The zero-order valence-electron chi connectivity index (χ0n) is 19.4. The van der Waals surface area contributed by atoms with E-state index in [9.17, 15) is 15.3 Å². The monoisotopic (exact) mass is 428 g/mol. The molecule has 178 valence electrons. The Labute approximate surface area is 184 Å². The molecule has 1 aliphatic heterocycles. The van der Waals surface area contributed by atoms with E-state index in [0.29, 0.717) is 6.61 Å². The van der Waals surface area contributed by atoms with E-state index in [1.54, 1.807) is 0 Å². The Morgan fingerprint density at radius 3 is 1.90 bits per heavy atom. The first-order valence-corrected chi connectivity index (χ1v) is 12.6. The lowest BCUT2D eigenvalue weighted by atomic mass is 10.0. The van der Waals surface area contributed by atoms with Crippen LogP contribution in [0.4, 0.5) is 0 Å². The van der Waals surface area contributed by atoms with E-state index >= 15 is 0 Å². The Kier molecular flexibility index (Phi) is 17.7. The van der Waals surface area contributed by atoms with E-state index in [0.717, 1.165) is 12.8 Å². The van der Waals surface area contributed by atoms with Crippen LogP contribution >= 0.6 is 0 Å². The average molecular weight is 429 g/mol. The Bertz CT molecular complexity index is 399. The van der Waals surface area contributed by atoms with Gasteiger partial charge in [-0.3, -0.25) is 0 Å². The maximum atomic E-state index is 10.0. The lowest BCUT2D eigenvalue weighted by Gasteiger charge is -2.37. The largest absolute Gasteiger partial charge is 0.394 e. The fraction of sp³-hybridized carbons (Fsp3) is 0.920. The van der Waals surface area contributed by atoms with Crippen LogP contribution in [0.2, 0.25) is 0 Å². The summed E-state index contributed by atoms with van der Waals surface area (Å²) in [6.07, 6.45) is 20.7. The van der Waals surface area contributed by atoms with Gasteiger partial charge in [-0.05, 0) is 32.1 Å². The first kappa shape index (κ1) is 27.6. The molecule has 4 atom stereocenters. The fourth-order valence-electron chi connectivity index (χ4n) is 3.96. The van der Waals surface area contributed by atoms with Crippen LogP contribution < -0.4 is 0 Å². The minimum Gasteiger partial charge on any atom is -0.394 e. The molecular weight excluding hydrogens is 380 g/mol. The standard InChI is InChI=1S/C25H48O5/c1-2-3-4-5-6-7-8-9-10-11-12-13-14-15-16-17-18-19-29-25-23(20-26)30-21-22(27)24(25)28/h8-9,22-28H,2-7,10-21H2,1H3/b9-8+/t22-,23+,24+,25+/m0/s1. The third kappa shape index (κ3) is 13.1. The SMILES string of the molecule is CCCCCCC/C=C/CCCCCCCCCCO[C@H]1[C@H](O)[C@@H](O)CO[C@@H]1CO. The molecule has 0 aliphatic carbocycles. The number of rotatable bonds is 19. The minimum absolute atomic E-state index is 0.0433. The van der Waals surface area contributed by atoms with E-state index in [2.05, 4.69) is 19.1 Å². The summed E-state index contributed by atoms with van der Waals surface area (Å²) in [7, 11) is 0. The van der Waals surface area contributed by atoms with Crippen LogP contribution in [0.1, 0.15) is 103 Å². The molecule has 0 aromatic rings. The number of allylic oxidation sites excluding steroid dienone is 2. The summed E-state index contributed by atoms with van der Waals surface area (Å²) in [6.45, 7) is 2.63. The van der Waals surface area contributed by atoms with Gasteiger partial charge in [0.2, 0.25) is 0 Å². The predicted molar refractivity (Wildman–Crippen MR) is 123 cm³/mol. The van der Waals surface area contributed by atoms with Crippen molar-refractivity contribution in [3.05, 3.63) is 12.2 Å². The number of hydrogen-bond acceptors (Lipinski definition) is 5. The van der Waals surface area contributed by atoms with Crippen LogP contribution in [0.15, 0.2) is 12.2 Å². The van der Waals surface area contributed by atoms with Gasteiger partial charge in [-0.2, -0.15) is 0 Å². The van der Waals surface area contributed by atoms with Gasteiger partial charge in [0.15, 0.2) is 0 Å². The molecule has 3 N–H and O–H groups in total. The summed E-state index contributed by atoms with van der Waals surface area (Å²) in [5, 5.41) is 29.0. The van der Waals surface area contributed by atoms with Gasteiger partial charge in [0.05, 0.1) is 13.2 Å². The lowest BCUT2D eigenvalue weighted by Crippen LogP contribution is -2.55. The lowest BCUT2D eigenvalue weighted by molar-refractivity contribution is -0.211. The number of aliphatic hydroxyl groups excluding tert-OH is 3. The maximum absolute atomic E-state index is 10.0. The zero-order valence-corrected chi connectivity index (χ0v) is 19.4. The van der Waals surface area contributed by atoms with Crippen LogP contribution in [-0.4, -0.2) is 59.6 Å². The van der Waals surface area contributed by atoms with Crippen molar-refractivity contribution in [2.75, 3.05) is 19.8 Å². The molecule has 0 aromatic heterocycles. The van der Waals surface area contributed by atoms with Crippen LogP contribution in [0.25, 0.3) is 0 Å². The van der Waals surface area contributed by atoms with Gasteiger partial charge in [0.1, 0.15) is 24.4 Å². The Balaban J connectivity index is 1.85. The van der Waals surface area contributed by atoms with E-state index < -0.39 is 24.4 Å². The normalized spacial score (nSPS) is 24.7. The molecule has 1 heterocycles. The molecule has 0 amide bonds. The second-order valence-electron chi connectivity index (χ2n) is 8.74. The summed E-state index contributed by atoms with van der Waals surface area (Å²) >= 11 is 0. The van der Waals surface area contributed by atoms with Crippen molar-refractivity contribution in [1.82, 2.24) is 0 Å². The second kappa shape index (κ2) is 19.2. The van der Waals surface area contributed by atoms with Gasteiger partial charge < -0.3 is 24.8 Å². The van der Waals surface area contributed by atoms with Crippen molar-refractivity contribution in [2.45, 2.75) is 128 Å². The summed E-state index contributed by atoms with van der Waals surface area (Å²) in [5.74, 6) is 0. The average Bonchev–Trinajstić information content (AvgIpc) is 2.75. The van der Waals surface area contributed by atoms with Crippen LogP contribution in [0.3, 0.4) is 0 Å². The summed E-state index contributed by atoms with van der Waals surface area (Å²) < 4.78 is 11.0. The molecule has 1 saturated heterocycles. The van der Waals surface area contributed by atoms with Crippen molar-refractivity contribution >= 4 is 0 Å². The molecule has 0 radical (unpaired) electrons. The first-order valence-electron chi connectivity index (χ1n) is 12.6. The van der Waals surface area contributed by atoms with Crippen molar-refractivity contribution < 1.29 is 24.8 Å². The highest BCUT2D eigenvalue weighted by Gasteiger charge is 2.39. The fourth-order valence-corrected chi connectivity index (χ4v) is 3.96. The van der Waals surface area contributed by atoms with Gasteiger partial charge in [-0.1, -0.05) is 83.3 Å². The molecule has 1 aliphatic rings. The van der Waals surface area contributed by atoms with Gasteiger partial charge >= 0.3 is 0 Å². The summed E-state index contributed by atoms with van der Waals surface area (Å²) in [6, 6.07) is 0. The zero-order chi connectivity index (χ0) is 21.9. The van der Waals surface area contributed by atoms with Crippen molar-refractivity contribution in [3.8, 4) is 0 Å². The number of ether oxygens (including phenoxy) is 2. The molecule has 0 saturated carbocycles. The topological polar surface area (TPSA) is 79.2 Å². The highest BCUT2D eigenvalue weighted by molar-refractivity contribution is 4.87. The quantitative estimate of drug-likeness (QED) is 0.201. The Morgan fingerprint density at radius 1 is 0.800 bits per heavy atom. The molecule has 5 heteroatoms. The molecule has 0 aromatic carbocycles. The number of hydrogen-bond donors (Lipinski definition) is 3. The van der Waals surface area contributed by atoms with Gasteiger partial charge in [0.25, 0.3) is 0 Å². The van der Waals surface area contributed by atoms with E-state index in [-0.39, 0.29) is 13.2 Å². The first-order chi connectivity index (χ1) is 14.7. The maximum Gasteiger partial charge on any atom is 0.114 e. The molecule has 30 heavy (non-hydrogen) atoms. The van der Waals surface area contributed by atoms with Crippen LogP contribution in [0, 0.1) is 0 Å². The molecule has 1 rings (SSSR count). The molecule has 0 spiro atoms. The highest BCUT2D eigenvalue weighted by atomic mass is 16.6. The smallest absolute Gasteiger partial charge is 0.114 e. The summed E-state index contributed by atoms with van der Waals surface area (Å²) in [5.41, 5.74) is 0. The van der Waals surface area contributed by atoms with Gasteiger partial charge in [0, 0.05) is 6.61 Å². The van der Waals surface area contributed by atoms with E-state index in [1.165, 1.54) is 83.5 Å². The Morgan fingerprint density at radius 2 is 1.33 bits per heavy atom. The second-order valence-corrected chi connectivity index (χ2v) is 8.74. The predicted octanol–water partition coefficient (Wildman–Crippen LogP) is 4.91. The third-order valence-corrected chi connectivity index (χ3v) is 5.97. The number of unbranched alkanes of at least 4 members (excludes halogenated alkanes) is 13. The molecule has 1 fully saturated rings. The van der Waals surface area contributed by atoms with Crippen LogP contribution in [0.5, 0.6) is 0 Å². The molecule has 0 unspecified atom stereocenters. The van der Waals surface area contributed by atoms with Crippen molar-refractivity contribution in [1.29, 1.82) is 0 Å². The van der Waals surface area contributed by atoms with E-state index in [1.807, 2.05) is 0 Å². The Hall–Kier alpha value is -0.460. The van der Waals surface area contributed by atoms with Crippen molar-refractivity contribution in [3.63, 3.8) is 0 Å².